The number of rotatable bonds is 4. The van der Waals surface area contributed by atoms with E-state index in [9.17, 15) is 17.2 Å². The zero-order valence-electron chi connectivity index (χ0n) is 8.57. The Balaban J connectivity index is 2.81. The first-order chi connectivity index (χ1) is 7.29. The number of halogens is 2. The van der Waals surface area contributed by atoms with E-state index in [-0.39, 0.29) is 12.0 Å². The molecule has 0 heterocycles. The fourth-order valence-electron chi connectivity index (χ4n) is 1.36. The van der Waals surface area contributed by atoms with Gasteiger partial charge in [-0.15, -0.1) is 0 Å². The Morgan fingerprint density at radius 2 is 1.88 bits per heavy atom. The third kappa shape index (κ3) is 3.84. The highest BCUT2D eigenvalue weighted by atomic mass is 32.2. The molecule has 1 aromatic rings. The van der Waals surface area contributed by atoms with Crippen molar-refractivity contribution in [2.24, 2.45) is 5.14 Å². The van der Waals surface area contributed by atoms with Gasteiger partial charge in [0, 0.05) is 11.6 Å². The van der Waals surface area contributed by atoms with Crippen LogP contribution in [0.4, 0.5) is 8.78 Å². The van der Waals surface area contributed by atoms with Crippen molar-refractivity contribution in [2.75, 3.05) is 0 Å². The van der Waals surface area contributed by atoms with Crippen molar-refractivity contribution in [1.29, 1.82) is 0 Å². The van der Waals surface area contributed by atoms with Gasteiger partial charge in [0.25, 0.3) is 10.2 Å². The van der Waals surface area contributed by atoms with Crippen molar-refractivity contribution in [3.8, 4) is 0 Å². The van der Waals surface area contributed by atoms with Gasteiger partial charge in [0.1, 0.15) is 11.6 Å². The van der Waals surface area contributed by atoms with Gasteiger partial charge in [0.05, 0.1) is 0 Å². The molecule has 90 valence electrons. The first kappa shape index (κ1) is 13.0. The lowest BCUT2D eigenvalue weighted by molar-refractivity contribution is 0.523. The van der Waals surface area contributed by atoms with E-state index in [1.807, 2.05) is 4.72 Å². The van der Waals surface area contributed by atoms with Gasteiger partial charge in [0.2, 0.25) is 0 Å². The van der Waals surface area contributed by atoms with Crippen LogP contribution in [-0.2, 0) is 16.6 Å². The second-order valence-corrected chi connectivity index (χ2v) is 4.79. The molecule has 7 heteroatoms. The number of nitrogens with two attached hydrogens (primary N) is 1. The summed E-state index contributed by atoms with van der Waals surface area (Å²) < 4.78 is 49.8. The standard InChI is InChI=1S/C9H12F2N2O2S/c1-6(13-16(12,14)15)5-7-8(10)3-2-4-9(7)11/h2-4,6,13H,5H2,1H3,(H2,12,14,15). The molecule has 0 bridgehead atoms. The van der Waals surface area contributed by atoms with Gasteiger partial charge in [-0.1, -0.05) is 6.07 Å². The van der Waals surface area contributed by atoms with Gasteiger partial charge >= 0.3 is 0 Å². The molecule has 0 saturated heterocycles. The molecular weight excluding hydrogens is 238 g/mol. The van der Waals surface area contributed by atoms with Crippen LogP contribution in [0.25, 0.3) is 0 Å². The van der Waals surface area contributed by atoms with E-state index in [1.165, 1.54) is 13.0 Å². The molecular formula is C9H12F2N2O2S. The summed E-state index contributed by atoms with van der Waals surface area (Å²) in [5, 5.41) is 4.74. The molecule has 16 heavy (non-hydrogen) atoms. The molecule has 0 aromatic heterocycles. The molecule has 0 aliphatic rings. The molecule has 0 aliphatic carbocycles. The van der Waals surface area contributed by atoms with Crippen molar-refractivity contribution in [3.05, 3.63) is 35.4 Å². The van der Waals surface area contributed by atoms with Crippen molar-refractivity contribution in [1.82, 2.24) is 4.72 Å². The molecule has 4 nitrogen and oxygen atoms in total. The minimum Gasteiger partial charge on any atom is -0.216 e. The second kappa shape index (κ2) is 4.86. The summed E-state index contributed by atoms with van der Waals surface area (Å²) in [4.78, 5) is 0. The van der Waals surface area contributed by atoms with Crippen LogP contribution in [0.15, 0.2) is 18.2 Å². The van der Waals surface area contributed by atoms with E-state index in [2.05, 4.69) is 0 Å². The fourth-order valence-corrected chi connectivity index (χ4v) is 2.00. The van der Waals surface area contributed by atoms with Crippen LogP contribution >= 0.6 is 0 Å². The molecule has 0 spiro atoms. The average molecular weight is 250 g/mol. The fraction of sp³-hybridized carbons (Fsp3) is 0.333. The molecule has 1 unspecified atom stereocenters. The third-order valence-corrected chi connectivity index (χ3v) is 2.67. The zero-order chi connectivity index (χ0) is 12.3. The Labute approximate surface area is 92.6 Å². The summed E-state index contributed by atoms with van der Waals surface area (Å²) in [6.45, 7) is 1.47. The predicted octanol–water partition coefficient (Wildman–Crippen LogP) is 0.689. The minimum absolute atomic E-state index is 0.102. The van der Waals surface area contributed by atoms with Crippen molar-refractivity contribution in [3.63, 3.8) is 0 Å². The van der Waals surface area contributed by atoms with E-state index in [1.54, 1.807) is 0 Å². The SMILES string of the molecule is CC(Cc1c(F)cccc1F)NS(N)(=O)=O. The largest absolute Gasteiger partial charge is 0.274 e. The number of hydrogen-bond donors (Lipinski definition) is 2. The number of nitrogens with one attached hydrogen (secondary N) is 1. The van der Waals surface area contributed by atoms with Crippen LogP contribution in [0, 0.1) is 11.6 Å². The normalized spacial score (nSPS) is 13.8. The molecule has 1 aromatic carbocycles. The summed E-state index contributed by atoms with van der Waals surface area (Å²) in [5.41, 5.74) is -0.161. The summed E-state index contributed by atoms with van der Waals surface area (Å²) in [7, 11) is -3.86. The highest BCUT2D eigenvalue weighted by molar-refractivity contribution is 7.87. The molecule has 3 N–H and O–H groups in total. The van der Waals surface area contributed by atoms with Gasteiger partial charge < -0.3 is 0 Å². The monoisotopic (exact) mass is 250 g/mol. The first-order valence-electron chi connectivity index (χ1n) is 4.52. The number of hydrogen-bond acceptors (Lipinski definition) is 2. The maximum Gasteiger partial charge on any atom is 0.274 e. The van der Waals surface area contributed by atoms with Gasteiger partial charge in [-0.25, -0.2) is 13.9 Å². The summed E-state index contributed by atoms with van der Waals surface area (Å²) >= 11 is 0. The molecule has 0 aliphatic heterocycles. The topological polar surface area (TPSA) is 72.2 Å². The molecule has 0 amide bonds. The highest BCUT2D eigenvalue weighted by Gasteiger charge is 2.15. The van der Waals surface area contributed by atoms with Gasteiger partial charge in [-0.05, 0) is 25.5 Å². The van der Waals surface area contributed by atoms with Crippen LogP contribution < -0.4 is 9.86 Å². The van der Waals surface area contributed by atoms with E-state index in [4.69, 9.17) is 5.14 Å². The average Bonchev–Trinajstić information content (AvgIpc) is 2.08. The Kier molecular flexibility index (Phi) is 3.95. The van der Waals surface area contributed by atoms with E-state index >= 15 is 0 Å². The van der Waals surface area contributed by atoms with E-state index in [0.29, 0.717) is 0 Å². The molecule has 1 atom stereocenters. The molecule has 0 radical (unpaired) electrons. The lowest BCUT2D eigenvalue weighted by Gasteiger charge is -2.12. The predicted molar refractivity (Wildman–Crippen MR) is 55.8 cm³/mol. The Bertz CT molecular complexity index is 456. The van der Waals surface area contributed by atoms with Crippen LogP contribution in [0.5, 0.6) is 0 Å². The summed E-state index contributed by atoms with van der Waals surface area (Å²) in [5.74, 6) is -1.41. The maximum absolute atomic E-state index is 13.2. The summed E-state index contributed by atoms with van der Waals surface area (Å²) in [6, 6.07) is 2.79. The highest BCUT2D eigenvalue weighted by Crippen LogP contribution is 2.14. The quantitative estimate of drug-likeness (QED) is 0.825. The first-order valence-corrected chi connectivity index (χ1v) is 6.07. The Hall–Kier alpha value is -1.05. The van der Waals surface area contributed by atoms with Crippen molar-refractivity contribution in [2.45, 2.75) is 19.4 Å². The van der Waals surface area contributed by atoms with Crippen LogP contribution in [0.2, 0.25) is 0 Å². The van der Waals surface area contributed by atoms with Crippen LogP contribution in [0.3, 0.4) is 0 Å². The smallest absolute Gasteiger partial charge is 0.216 e. The van der Waals surface area contributed by atoms with Gasteiger partial charge in [-0.3, -0.25) is 0 Å². The number of benzene rings is 1. The Morgan fingerprint density at radius 1 is 1.38 bits per heavy atom. The van der Waals surface area contributed by atoms with Crippen molar-refractivity contribution < 1.29 is 17.2 Å². The lowest BCUT2D eigenvalue weighted by atomic mass is 10.1. The van der Waals surface area contributed by atoms with E-state index in [0.717, 1.165) is 12.1 Å². The Morgan fingerprint density at radius 3 is 2.31 bits per heavy atom. The summed E-state index contributed by atoms with van der Waals surface area (Å²) in [6.07, 6.45) is -0.102. The van der Waals surface area contributed by atoms with Gasteiger partial charge in [-0.2, -0.15) is 13.1 Å². The zero-order valence-corrected chi connectivity index (χ0v) is 9.39. The molecule has 1 rings (SSSR count). The minimum atomic E-state index is -3.86. The maximum atomic E-state index is 13.2. The van der Waals surface area contributed by atoms with Crippen LogP contribution in [-0.4, -0.2) is 14.5 Å². The molecule has 0 saturated carbocycles. The van der Waals surface area contributed by atoms with Gasteiger partial charge in [0.15, 0.2) is 0 Å². The van der Waals surface area contributed by atoms with E-state index < -0.39 is 27.9 Å². The van der Waals surface area contributed by atoms with Crippen molar-refractivity contribution >= 4 is 10.2 Å². The molecule has 0 fully saturated rings. The lowest BCUT2D eigenvalue weighted by Crippen LogP contribution is -2.39. The van der Waals surface area contributed by atoms with Crippen LogP contribution in [0.1, 0.15) is 12.5 Å². The second-order valence-electron chi connectivity index (χ2n) is 3.47. The third-order valence-electron chi connectivity index (χ3n) is 1.94.